The zero-order valence-corrected chi connectivity index (χ0v) is 19.8. The molecular formula is C20H19BrClN5O3S. The number of phenols is 1. The number of ether oxygens (including phenoxy) is 1. The van der Waals surface area contributed by atoms with Crippen molar-refractivity contribution in [3.05, 3.63) is 51.5 Å². The Morgan fingerprint density at radius 2 is 2.10 bits per heavy atom. The molecule has 0 saturated carbocycles. The lowest BCUT2D eigenvalue weighted by Gasteiger charge is -2.07. The number of rotatable bonds is 8. The highest BCUT2D eigenvalue weighted by Gasteiger charge is 2.14. The number of thioether (sulfide) groups is 1. The van der Waals surface area contributed by atoms with E-state index < -0.39 is 0 Å². The maximum Gasteiger partial charge on any atom is 0.250 e. The lowest BCUT2D eigenvalue weighted by Crippen LogP contribution is -2.20. The molecule has 11 heteroatoms. The van der Waals surface area contributed by atoms with Crippen molar-refractivity contribution in [2.24, 2.45) is 5.10 Å². The van der Waals surface area contributed by atoms with E-state index in [2.05, 4.69) is 36.7 Å². The molecule has 0 radical (unpaired) electrons. The number of aromatic nitrogens is 3. The van der Waals surface area contributed by atoms with Gasteiger partial charge in [-0.2, -0.15) is 5.10 Å². The molecule has 0 spiro atoms. The second-order valence-electron chi connectivity index (χ2n) is 6.19. The van der Waals surface area contributed by atoms with Crippen LogP contribution in [0.25, 0.3) is 11.4 Å². The van der Waals surface area contributed by atoms with E-state index in [0.29, 0.717) is 38.3 Å². The number of halogens is 2. The maximum absolute atomic E-state index is 12.2. The van der Waals surface area contributed by atoms with Crippen LogP contribution in [0.15, 0.2) is 51.1 Å². The molecule has 31 heavy (non-hydrogen) atoms. The molecule has 0 unspecified atom stereocenters. The number of nitrogens with one attached hydrogen (secondary N) is 1. The Labute approximate surface area is 196 Å². The minimum Gasteiger partial charge on any atom is -0.503 e. The fraction of sp³-hybridized carbons (Fsp3) is 0.200. The Morgan fingerprint density at radius 1 is 1.35 bits per heavy atom. The highest BCUT2D eigenvalue weighted by Crippen LogP contribution is 2.34. The van der Waals surface area contributed by atoms with Gasteiger partial charge in [0, 0.05) is 17.1 Å². The number of amides is 1. The molecule has 0 bridgehead atoms. The first kappa shape index (κ1) is 23.1. The predicted molar refractivity (Wildman–Crippen MR) is 125 cm³/mol. The summed E-state index contributed by atoms with van der Waals surface area (Å²) in [7, 11) is 1.45. The Balaban J connectivity index is 1.61. The van der Waals surface area contributed by atoms with Crippen LogP contribution < -0.4 is 10.2 Å². The van der Waals surface area contributed by atoms with E-state index >= 15 is 0 Å². The summed E-state index contributed by atoms with van der Waals surface area (Å²) in [5.74, 6) is 0.849. The summed E-state index contributed by atoms with van der Waals surface area (Å²) >= 11 is 10.5. The molecule has 0 atom stereocenters. The number of hydrogen-bond donors (Lipinski definition) is 2. The van der Waals surface area contributed by atoms with E-state index in [1.54, 1.807) is 24.3 Å². The average molecular weight is 525 g/mol. The van der Waals surface area contributed by atoms with Gasteiger partial charge in [-0.3, -0.25) is 4.79 Å². The zero-order valence-electron chi connectivity index (χ0n) is 16.7. The molecule has 0 aliphatic heterocycles. The number of hydrogen-bond acceptors (Lipinski definition) is 7. The van der Waals surface area contributed by atoms with Crippen LogP contribution in [0, 0.1) is 0 Å². The van der Waals surface area contributed by atoms with Gasteiger partial charge in [-0.25, -0.2) is 5.43 Å². The lowest BCUT2D eigenvalue weighted by atomic mass is 10.2. The summed E-state index contributed by atoms with van der Waals surface area (Å²) in [5.41, 5.74) is 4.02. The largest absolute Gasteiger partial charge is 0.503 e. The SMILES string of the molecule is CCn1c(SCC(=O)N/N=C\c2cc(Br)c(O)c(OC)c2)nnc1-c1ccc(Cl)cc1. The third kappa shape index (κ3) is 5.78. The van der Waals surface area contributed by atoms with Crippen LogP contribution in [0.4, 0.5) is 0 Å². The van der Waals surface area contributed by atoms with Gasteiger partial charge in [-0.15, -0.1) is 10.2 Å². The fourth-order valence-electron chi connectivity index (χ4n) is 2.66. The first-order valence-corrected chi connectivity index (χ1v) is 11.3. The van der Waals surface area contributed by atoms with Crippen molar-refractivity contribution in [2.75, 3.05) is 12.9 Å². The van der Waals surface area contributed by atoms with Crippen molar-refractivity contribution < 1.29 is 14.6 Å². The van der Waals surface area contributed by atoms with Crippen molar-refractivity contribution in [2.45, 2.75) is 18.6 Å². The molecule has 162 valence electrons. The van der Waals surface area contributed by atoms with E-state index in [1.165, 1.54) is 25.1 Å². The maximum atomic E-state index is 12.2. The molecular weight excluding hydrogens is 506 g/mol. The summed E-state index contributed by atoms with van der Waals surface area (Å²) in [4.78, 5) is 12.2. The molecule has 3 aromatic rings. The minimum atomic E-state index is -0.287. The van der Waals surface area contributed by atoms with Crippen LogP contribution in [-0.2, 0) is 11.3 Å². The smallest absolute Gasteiger partial charge is 0.250 e. The lowest BCUT2D eigenvalue weighted by molar-refractivity contribution is -0.118. The molecule has 0 fully saturated rings. The molecule has 2 N–H and O–H groups in total. The molecule has 0 aliphatic rings. The first-order chi connectivity index (χ1) is 14.9. The third-order valence-electron chi connectivity index (χ3n) is 4.14. The first-order valence-electron chi connectivity index (χ1n) is 9.13. The summed E-state index contributed by atoms with van der Waals surface area (Å²) < 4.78 is 7.49. The van der Waals surface area contributed by atoms with Gasteiger partial charge >= 0.3 is 0 Å². The van der Waals surface area contributed by atoms with Crippen molar-refractivity contribution in [3.8, 4) is 22.9 Å². The number of phenolic OH excluding ortho intramolecular Hbond substituents is 1. The van der Waals surface area contributed by atoms with Gasteiger partial charge in [-0.1, -0.05) is 23.4 Å². The number of aromatic hydroxyl groups is 1. The normalized spacial score (nSPS) is 11.1. The second kappa shape index (κ2) is 10.7. The number of hydrazone groups is 1. The van der Waals surface area contributed by atoms with E-state index in [1.807, 2.05) is 23.6 Å². The molecule has 2 aromatic carbocycles. The van der Waals surface area contributed by atoms with E-state index in [-0.39, 0.29) is 17.4 Å². The topological polar surface area (TPSA) is 102 Å². The zero-order chi connectivity index (χ0) is 22.4. The van der Waals surface area contributed by atoms with E-state index in [0.717, 1.165) is 5.56 Å². The monoisotopic (exact) mass is 523 g/mol. The van der Waals surface area contributed by atoms with Crippen LogP contribution in [0.1, 0.15) is 12.5 Å². The number of carbonyl (C=O) groups is 1. The molecule has 1 heterocycles. The van der Waals surface area contributed by atoms with E-state index in [9.17, 15) is 9.90 Å². The summed E-state index contributed by atoms with van der Waals surface area (Å²) in [5, 5.41) is 23.5. The van der Waals surface area contributed by atoms with Gasteiger partial charge in [0.15, 0.2) is 22.5 Å². The second-order valence-corrected chi connectivity index (χ2v) is 8.43. The number of carbonyl (C=O) groups excluding carboxylic acids is 1. The molecule has 8 nitrogen and oxygen atoms in total. The Hall–Kier alpha value is -2.56. The molecule has 0 saturated heterocycles. The van der Waals surface area contributed by atoms with Gasteiger partial charge < -0.3 is 14.4 Å². The summed E-state index contributed by atoms with van der Waals surface area (Å²) in [6.07, 6.45) is 1.46. The molecule has 0 aliphatic carbocycles. The van der Waals surface area contributed by atoms with E-state index in [4.69, 9.17) is 16.3 Å². The highest BCUT2D eigenvalue weighted by molar-refractivity contribution is 9.10. The van der Waals surface area contributed by atoms with Crippen molar-refractivity contribution in [3.63, 3.8) is 0 Å². The van der Waals surface area contributed by atoms with Crippen LogP contribution in [0.5, 0.6) is 11.5 Å². The summed E-state index contributed by atoms with van der Waals surface area (Å²) in [6.45, 7) is 2.64. The Kier molecular flexibility index (Phi) is 7.94. The van der Waals surface area contributed by atoms with Crippen LogP contribution >= 0.6 is 39.3 Å². The minimum absolute atomic E-state index is 0.00177. The van der Waals surface area contributed by atoms with Crippen LogP contribution in [0.2, 0.25) is 5.02 Å². The highest BCUT2D eigenvalue weighted by atomic mass is 79.9. The van der Waals surface area contributed by atoms with Crippen molar-refractivity contribution in [1.29, 1.82) is 0 Å². The molecule has 3 rings (SSSR count). The average Bonchev–Trinajstić information content (AvgIpc) is 3.18. The van der Waals surface area contributed by atoms with Gasteiger partial charge in [-0.05, 0) is 64.8 Å². The number of nitrogens with zero attached hydrogens (tertiary/aromatic N) is 4. The van der Waals surface area contributed by atoms with Crippen LogP contribution in [0.3, 0.4) is 0 Å². The summed E-state index contributed by atoms with van der Waals surface area (Å²) in [6, 6.07) is 10.6. The third-order valence-corrected chi connectivity index (χ3v) is 5.96. The van der Waals surface area contributed by atoms with Crippen molar-refractivity contribution >= 4 is 51.4 Å². The Morgan fingerprint density at radius 3 is 2.77 bits per heavy atom. The standard InChI is InChI=1S/C20H19BrClN5O3S/c1-3-27-19(13-4-6-14(22)7-5-13)25-26-20(27)31-11-17(28)24-23-10-12-8-15(21)18(29)16(9-12)30-2/h4-10,29H,3,11H2,1-2H3,(H,24,28)/b23-10-. The van der Waals surface area contributed by atoms with Gasteiger partial charge in [0.25, 0.3) is 5.91 Å². The quantitative estimate of drug-likeness (QED) is 0.258. The van der Waals surface area contributed by atoms with Crippen molar-refractivity contribution in [1.82, 2.24) is 20.2 Å². The number of benzene rings is 2. The van der Waals surface area contributed by atoms with Gasteiger partial charge in [0.05, 0.1) is 23.5 Å². The number of methoxy groups -OCH3 is 1. The van der Waals surface area contributed by atoms with Crippen LogP contribution in [-0.4, -0.2) is 44.9 Å². The van der Waals surface area contributed by atoms with Gasteiger partial charge in [0.2, 0.25) is 0 Å². The fourth-order valence-corrected chi connectivity index (χ4v) is 4.04. The Bertz CT molecular complexity index is 1100. The molecule has 1 aromatic heterocycles. The predicted octanol–water partition coefficient (Wildman–Crippen LogP) is 4.34. The molecule has 1 amide bonds. The van der Waals surface area contributed by atoms with Gasteiger partial charge in [0.1, 0.15) is 0 Å².